The van der Waals surface area contributed by atoms with Crippen LogP contribution in [0.5, 0.6) is 0 Å². The Labute approximate surface area is 132 Å². The first-order chi connectivity index (χ1) is 10.7. The van der Waals surface area contributed by atoms with Crippen molar-refractivity contribution in [3.05, 3.63) is 35.9 Å². The van der Waals surface area contributed by atoms with Gasteiger partial charge in [0.2, 0.25) is 11.4 Å². The van der Waals surface area contributed by atoms with Gasteiger partial charge in [0.1, 0.15) is 6.04 Å². The van der Waals surface area contributed by atoms with Crippen LogP contribution >= 0.6 is 0 Å². The molecule has 0 unspecified atom stereocenters. The van der Waals surface area contributed by atoms with Crippen molar-refractivity contribution < 1.29 is 22.8 Å². The Kier molecular flexibility index (Phi) is 4.68. The van der Waals surface area contributed by atoms with E-state index in [0.29, 0.717) is 5.56 Å². The van der Waals surface area contributed by atoms with Crippen LogP contribution in [0.25, 0.3) is 0 Å². The van der Waals surface area contributed by atoms with E-state index in [9.17, 15) is 22.8 Å². The van der Waals surface area contributed by atoms with Crippen molar-refractivity contribution in [2.75, 3.05) is 0 Å². The van der Waals surface area contributed by atoms with Crippen molar-refractivity contribution >= 4 is 11.8 Å². The lowest BCUT2D eigenvalue weighted by Gasteiger charge is -2.41. The van der Waals surface area contributed by atoms with Crippen molar-refractivity contribution in [3.63, 3.8) is 0 Å². The van der Waals surface area contributed by atoms with Gasteiger partial charge in [-0.3, -0.25) is 9.59 Å². The summed E-state index contributed by atoms with van der Waals surface area (Å²) in [7, 11) is 0. The fourth-order valence-electron chi connectivity index (χ4n) is 2.66. The summed E-state index contributed by atoms with van der Waals surface area (Å²) in [6.07, 6.45) is -5.24. The molecule has 1 aliphatic heterocycles. The predicted molar refractivity (Wildman–Crippen MR) is 78.5 cm³/mol. The summed E-state index contributed by atoms with van der Waals surface area (Å²) in [5.41, 5.74) is -2.61. The molecule has 23 heavy (non-hydrogen) atoms. The number of hydrogen-bond acceptors (Lipinski definition) is 2. The average Bonchev–Trinajstić information content (AvgIpc) is 2.43. The minimum Gasteiger partial charge on any atom is -0.342 e. The van der Waals surface area contributed by atoms with Gasteiger partial charge in [0.25, 0.3) is 5.91 Å². The summed E-state index contributed by atoms with van der Waals surface area (Å²) in [4.78, 5) is 24.4. The number of benzene rings is 1. The van der Waals surface area contributed by atoms with Gasteiger partial charge in [0.05, 0.1) is 0 Å². The summed E-state index contributed by atoms with van der Waals surface area (Å²) in [6.45, 7) is 3.66. The largest absolute Gasteiger partial charge is 0.420 e. The van der Waals surface area contributed by atoms with E-state index in [1.807, 2.05) is 19.2 Å². The third-order valence-corrected chi connectivity index (χ3v) is 3.85. The second kappa shape index (κ2) is 6.22. The zero-order valence-corrected chi connectivity index (χ0v) is 12.9. The summed E-state index contributed by atoms with van der Waals surface area (Å²) < 4.78 is 40.9. The van der Waals surface area contributed by atoms with E-state index >= 15 is 0 Å². The van der Waals surface area contributed by atoms with E-state index < -0.39 is 36.0 Å². The summed E-state index contributed by atoms with van der Waals surface area (Å²) in [5.74, 6) is -1.94. The van der Waals surface area contributed by atoms with Gasteiger partial charge in [0, 0.05) is 6.42 Å². The fraction of sp³-hybridized carbons (Fsp3) is 0.500. The maximum Gasteiger partial charge on any atom is 0.420 e. The molecule has 7 heteroatoms. The minimum absolute atomic E-state index is 0.0681. The number of halogens is 3. The summed E-state index contributed by atoms with van der Waals surface area (Å²) >= 11 is 0. The number of amides is 2. The monoisotopic (exact) mass is 328 g/mol. The molecule has 2 amide bonds. The third kappa shape index (κ3) is 3.48. The smallest absolute Gasteiger partial charge is 0.342 e. The minimum atomic E-state index is -4.90. The van der Waals surface area contributed by atoms with Gasteiger partial charge in [-0.2, -0.15) is 13.2 Å². The van der Waals surface area contributed by atoms with E-state index in [-0.39, 0.29) is 12.3 Å². The SMILES string of the molecule is CC(C)C[C@@H]1NC(=O)[C@](Cc2ccccc2)(C(F)(F)F)NC1=O. The van der Waals surface area contributed by atoms with Crippen LogP contribution < -0.4 is 10.6 Å². The summed E-state index contributed by atoms with van der Waals surface area (Å²) in [5, 5.41) is 4.19. The standard InChI is InChI=1S/C16H19F3N2O2/c1-10(2)8-12-13(22)21-15(14(23)20-12,16(17,18)19)9-11-6-4-3-5-7-11/h3-7,10,12H,8-9H2,1-2H3,(H,20,23)(H,21,22)/t12-,15+/m0/s1. The van der Waals surface area contributed by atoms with Crippen LogP contribution in [0, 0.1) is 5.92 Å². The number of rotatable bonds is 4. The molecule has 1 heterocycles. The van der Waals surface area contributed by atoms with Gasteiger partial charge in [-0.05, 0) is 17.9 Å². The third-order valence-electron chi connectivity index (χ3n) is 3.85. The molecule has 1 saturated heterocycles. The number of piperazine rings is 1. The highest BCUT2D eigenvalue weighted by Crippen LogP contribution is 2.35. The number of nitrogens with one attached hydrogen (secondary N) is 2. The van der Waals surface area contributed by atoms with Crippen LogP contribution in [0.4, 0.5) is 13.2 Å². The van der Waals surface area contributed by atoms with Crippen molar-refractivity contribution in [2.24, 2.45) is 5.92 Å². The van der Waals surface area contributed by atoms with Crippen LogP contribution in [-0.2, 0) is 16.0 Å². The average molecular weight is 328 g/mol. The molecule has 0 aliphatic carbocycles. The van der Waals surface area contributed by atoms with Crippen LogP contribution in [0.3, 0.4) is 0 Å². The Hall–Kier alpha value is -2.05. The molecule has 0 bridgehead atoms. The van der Waals surface area contributed by atoms with E-state index in [0.717, 1.165) is 0 Å². The van der Waals surface area contributed by atoms with E-state index in [2.05, 4.69) is 5.32 Å². The molecule has 1 fully saturated rings. The topological polar surface area (TPSA) is 58.2 Å². The first-order valence-corrected chi connectivity index (χ1v) is 7.39. The highest BCUT2D eigenvalue weighted by Gasteiger charge is 2.63. The van der Waals surface area contributed by atoms with Crippen LogP contribution in [0.15, 0.2) is 30.3 Å². The zero-order valence-electron chi connectivity index (χ0n) is 12.9. The van der Waals surface area contributed by atoms with Gasteiger partial charge < -0.3 is 10.6 Å². The lowest BCUT2D eigenvalue weighted by atomic mass is 9.85. The molecule has 0 saturated carbocycles. The molecule has 0 aromatic heterocycles. The lowest BCUT2D eigenvalue weighted by molar-refractivity contribution is -0.205. The molecular weight excluding hydrogens is 309 g/mol. The first kappa shape index (κ1) is 17.3. The Morgan fingerprint density at radius 2 is 1.78 bits per heavy atom. The Morgan fingerprint density at radius 1 is 1.17 bits per heavy atom. The molecule has 2 rings (SSSR count). The Bertz CT molecular complexity index is 587. The van der Waals surface area contributed by atoms with Crippen molar-refractivity contribution in [3.8, 4) is 0 Å². The number of carbonyl (C=O) groups is 2. The van der Waals surface area contributed by atoms with Gasteiger partial charge >= 0.3 is 6.18 Å². The highest BCUT2D eigenvalue weighted by atomic mass is 19.4. The van der Waals surface area contributed by atoms with Crippen molar-refractivity contribution in [1.82, 2.24) is 10.6 Å². The number of hydrogen-bond donors (Lipinski definition) is 2. The van der Waals surface area contributed by atoms with Crippen LogP contribution in [-0.4, -0.2) is 29.6 Å². The molecule has 4 nitrogen and oxygen atoms in total. The van der Waals surface area contributed by atoms with Gasteiger partial charge in [0.15, 0.2) is 0 Å². The normalized spacial score (nSPS) is 25.2. The molecular formula is C16H19F3N2O2. The van der Waals surface area contributed by atoms with Crippen LogP contribution in [0.2, 0.25) is 0 Å². The molecule has 2 N–H and O–H groups in total. The fourth-order valence-corrected chi connectivity index (χ4v) is 2.66. The lowest BCUT2D eigenvalue weighted by Crippen LogP contribution is -2.75. The van der Waals surface area contributed by atoms with Crippen molar-refractivity contribution in [1.29, 1.82) is 0 Å². The van der Waals surface area contributed by atoms with Crippen molar-refractivity contribution in [2.45, 2.75) is 44.4 Å². The quantitative estimate of drug-likeness (QED) is 0.890. The van der Waals surface area contributed by atoms with E-state index in [1.54, 1.807) is 18.2 Å². The second-order valence-electron chi connectivity index (χ2n) is 6.21. The van der Waals surface area contributed by atoms with Crippen LogP contribution in [0.1, 0.15) is 25.8 Å². The van der Waals surface area contributed by atoms with Gasteiger partial charge in [-0.15, -0.1) is 0 Å². The van der Waals surface area contributed by atoms with E-state index in [1.165, 1.54) is 12.1 Å². The zero-order chi connectivity index (χ0) is 17.3. The maximum absolute atomic E-state index is 13.6. The molecule has 1 aromatic carbocycles. The molecule has 1 aliphatic rings. The second-order valence-corrected chi connectivity index (χ2v) is 6.21. The summed E-state index contributed by atoms with van der Waals surface area (Å²) in [6, 6.07) is 6.89. The highest BCUT2D eigenvalue weighted by molar-refractivity contribution is 6.00. The number of alkyl halides is 3. The molecule has 0 radical (unpaired) electrons. The predicted octanol–water partition coefficient (Wildman–Crippen LogP) is 2.19. The number of carbonyl (C=O) groups excluding carboxylic acids is 2. The van der Waals surface area contributed by atoms with E-state index in [4.69, 9.17) is 0 Å². The first-order valence-electron chi connectivity index (χ1n) is 7.39. The molecule has 126 valence electrons. The molecule has 2 atom stereocenters. The Morgan fingerprint density at radius 3 is 2.30 bits per heavy atom. The molecule has 0 spiro atoms. The Balaban J connectivity index is 2.33. The van der Waals surface area contributed by atoms with Gasteiger partial charge in [-0.25, -0.2) is 0 Å². The maximum atomic E-state index is 13.6. The molecule has 1 aromatic rings. The van der Waals surface area contributed by atoms with Gasteiger partial charge in [-0.1, -0.05) is 44.2 Å².